The summed E-state index contributed by atoms with van der Waals surface area (Å²) in [5, 5.41) is 3.35. The molecule has 1 amide bonds. The van der Waals surface area contributed by atoms with Crippen molar-refractivity contribution < 1.29 is 9.53 Å². The first kappa shape index (κ1) is 15.7. The van der Waals surface area contributed by atoms with Gasteiger partial charge in [-0.25, -0.2) is 0 Å². The van der Waals surface area contributed by atoms with Crippen molar-refractivity contribution in [1.82, 2.24) is 15.1 Å². The van der Waals surface area contributed by atoms with Crippen molar-refractivity contribution in [3.05, 3.63) is 0 Å². The van der Waals surface area contributed by atoms with E-state index < -0.39 is 5.54 Å². The van der Waals surface area contributed by atoms with Crippen molar-refractivity contribution in [3.63, 3.8) is 0 Å². The first-order valence-electron chi connectivity index (χ1n) is 7.85. The number of morpholine rings is 1. The molecule has 0 saturated carbocycles. The van der Waals surface area contributed by atoms with Crippen LogP contribution in [-0.4, -0.2) is 72.7 Å². The standard InChI is InChI=1S/C15H29N3O2/c1-5-13-11-20-12(2)10-18(13)14(19)15(3,4)17-8-6-16-7-9-17/h12-13,16H,5-11H2,1-4H3. The second-order valence-electron chi connectivity index (χ2n) is 6.46. The van der Waals surface area contributed by atoms with E-state index >= 15 is 0 Å². The number of rotatable bonds is 3. The maximum Gasteiger partial charge on any atom is 0.242 e. The highest BCUT2D eigenvalue weighted by Gasteiger charge is 2.41. The Morgan fingerprint density at radius 2 is 2.00 bits per heavy atom. The van der Waals surface area contributed by atoms with Gasteiger partial charge in [-0.2, -0.15) is 0 Å². The Labute approximate surface area is 122 Å². The van der Waals surface area contributed by atoms with E-state index in [9.17, 15) is 4.79 Å². The molecule has 0 radical (unpaired) electrons. The van der Waals surface area contributed by atoms with Gasteiger partial charge < -0.3 is 15.0 Å². The van der Waals surface area contributed by atoms with E-state index in [1.807, 2.05) is 6.92 Å². The molecule has 0 spiro atoms. The summed E-state index contributed by atoms with van der Waals surface area (Å²) in [4.78, 5) is 17.4. The second-order valence-corrected chi connectivity index (χ2v) is 6.46. The number of carbonyl (C=O) groups excluding carboxylic acids is 1. The lowest BCUT2D eigenvalue weighted by Gasteiger charge is -2.46. The zero-order valence-corrected chi connectivity index (χ0v) is 13.3. The molecule has 0 aliphatic carbocycles. The minimum absolute atomic E-state index is 0.139. The van der Waals surface area contributed by atoms with E-state index in [1.165, 1.54) is 0 Å². The maximum atomic E-state index is 13.0. The number of hydrogen-bond donors (Lipinski definition) is 1. The molecule has 2 atom stereocenters. The number of nitrogens with one attached hydrogen (secondary N) is 1. The van der Waals surface area contributed by atoms with E-state index in [-0.39, 0.29) is 18.1 Å². The average molecular weight is 283 g/mol. The molecule has 0 bridgehead atoms. The first-order chi connectivity index (χ1) is 9.46. The van der Waals surface area contributed by atoms with Gasteiger partial charge in [0.05, 0.1) is 24.3 Å². The van der Waals surface area contributed by atoms with Crippen LogP contribution in [0.4, 0.5) is 0 Å². The molecule has 1 N–H and O–H groups in total. The molecule has 116 valence electrons. The van der Waals surface area contributed by atoms with Gasteiger partial charge in [-0.3, -0.25) is 9.69 Å². The summed E-state index contributed by atoms with van der Waals surface area (Å²) in [6.45, 7) is 13.5. The number of amides is 1. The Morgan fingerprint density at radius 3 is 2.60 bits per heavy atom. The number of hydrogen-bond acceptors (Lipinski definition) is 4. The Morgan fingerprint density at radius 1 is 1.35 bits per heavy atom. The fraction of sp³-hybridized carbons (Fsp3) is 0.933. The van der Waals surface area contributed by atoms with Gasteiger partial charge in [0, 0.05) is 32.7 Å². The van der Waals surface area contributed by atoms with E-state index in [0.29, 0.717) is 13.2 Å². The van der Waals surface area contributed by atoms with Crippen LogP contribution in [0, 0.1) is 0 Å². The van der Waals surface area contributed by atoms with Gasteiger partial charge in [0.15, 0.2) is 0 Å². The van der Waals surface area contributed by atoms with Crippen LogP contribution in [0.25, 0.3) is 0 Å². The fourth-order valence-corrected chi connectivity index (χ4v) is 3.14. The maximum absolute atomic E-state index is 13.0. The van der Waals surface area contributed by atoms with Gasteiger partial charge in [0.2, 0.25) is 5.91 Å². The van der Waals surface area contributed by atoms with Crippen LogP contribution in [0.5, 0.6) is 0 Å². The third-order valence-corrected chi connectivity index (χ3v) is 4.63. The number of ether oxygens (including phenoxy) is 1. The van der Waals surface area contributed by atoms with E-state index in [1.54, 1.807) is 0 Å². The summed E-state index contributed by atoms with van der Waals surface area (Å²) in [6, 6.07) is 0.223. The average Bonchev–Trinajstić information content (AvgIpc) is 2.47. The lowest BCUT2D eigenvalue weighted by molar-refractivity contribution is -0.156. The SMILES string of the molecule is CCC1COC(C)CN1C(=O)C(C)(C)N1CCNCC1. The summed E-state index contributed by atoms with van der Waals surface area (Å²) < 4.78 is 5.70. The zero-order chi connectivity index (χ0) is 14.8. The molecule has 0 aromatic rings. The highest BCUT2D eigenvalue weighted by atomic mass is 16.5. The first-order valence-corrected chi connectivity index (χ1v) is 7.85. The Hall–Kier alpha value is -0.650. The predicted molar refractivity (Wildman–Crippen MR) is 79.7 cm³/mol. The summed E-state index contributed by atoms with van der Waals surface area (Å²) in [5.41, 5.74) is -0.424. The Kier molecular flexibility index (Phi) is 5.04. The van der Waals surface area contributed by atoms with Gasteiger partial charge >= 0.3 is 0 Å². The van der Waals surface area contributed by atoms with E-state index in [4.69, 9.17) is 4.74 Å². The third-order valence-electron chi connectivity index (χ3n) is 4.63. The van der Waals surface area contributed by atoms with Crippen LogP contribution in [0.1, 0.15) is 34.1 Å². The quantitative estimate of drug-likeness (QED) is 0.828. The minimum atomic E-state index is -0.424. The van der Waals surface area contributed by atoms with Gasteiger partial charge in [-0.05, 0) is 27.2 Å². The number of carbonyl (C=O) groups is 1. The summed E-state index contributed by atoms with van der Waals surface area (Å²) in [7, 11) is 0. The molecule has 2 heterocycles. The van der Waals surface area contributed by atoms with Crippen LogP contribution in [0.2, 0.25) is 0 Å². The van der Waals surface area contributed by atoms with Crippen molar-refractivity contribution in [2.24, 2.45) is 0 Å². The van der Waals surface area contributed by atoms with Crippen LogP contribution in [0.15, 0.2) is 0 Å². The molecule has 2 aliphatic rings. The summed E-state index contributed by atoms with van der Waals surface area (Å²) in [5.74, 6) is 0.251. The molecule has 2 fully saturated rings. The summed E-state index contributed by atoms with van der Waals surface area (Å²) in [6.07, 6.45) is 1.09. The molecule has 5 heteroatoms. The smallest absolute Gasteiger partial charge is 0.242 e. The highest BCUT2D eigenvalue weighted by Crippen LogP contribution is 2.23. The fourth-order valence-electron chi connectivity index (χ4n) is 3.14. The molecular formula is C15H29N3O2. The van der Waals surface area contributed by atoms with E-state index in [2.05, 4.69) is 35.9 Å². The van der Waals surface area contributed by atoms with Crippen molar-refractivity contribution >= 4 is 5.91 Å². The molecule has 20 heavy (non-hydrogen) atoms. The monoisotopic (exact) mass is 283 g/mol. The van der Waals surface area contributed by atoms with Gasteiger partial charge in [0.1, 0.15) is 0 Å². The Balaban J connectivity index is 2.10. The van der Waals surface area contributed by atoms with Gasteiger partial charge in [0.25, 0.3) is 0 Å². The van der Waals surface area contributed by atoms with Crippen molar-refractivity contribution in [1.29, 1.82) is 0 Å². The van der Waals surface area contributed by atoms with Crippen molar-refractivity contribution in [2.45, 2.75) is 51.8 Å². The third kappa shape index (κ3) is 3.15. The lowest BCUT2D eigenvalue weighted by atomic mass is 9.97. The number of nitrogens with zero attached hydrogens (tertiary/aromatic N) is 2. The van der Waals surface area contributed by atoms with Gasteiger partial charge in [-0.1, -0.05) is 6.92 Å². The van der Waals surface area contributed by atoms with Crippen molar-refractivity contribution in [3.8, 4) is 0 Å². The van der Waals surface area contributed by atoms with Crippen LogP contribution < -0.4 is 5.32 Å². The molecular weight excluding hydrogens is 254 g/mol. The second kappa shape index (κ2) is 6.41. The van der Waals surface area contributed by atoms with Crippen LogP contribution >= 0.6 is 0 Å². The zero-order valence-electron chi connectivity index (χ0n) is 13.3. The van der Waals surface area contributed by atoms with E-state index in [0.717, 1.165) is 32.6 Å². The number of piperazine rings is 1. The highest BCUT2D eigenvalue weighted by molar-refractivity contribution is 5.86. The molecule has 2 saturated heterocycles. The minimum Gasteiger partial charge on any atom is -0.375 e. The molecule has 2 unspecified atom stereocenters. The van der Waals surface area contributed by atoms with Crippen LogP contribution in [0.3, 0.4) is 0 Å². The lowest BCUT2D eigenvalue weighted by Crippen LogP contribution is -2.64. The molecule has 2 aliphatic heterocycles. The molecule has 0 aromatic heterocycles. The predicted octanol–water partition coefficient (Wildman–Crippen LogP) is 0.696. The molecule has 2 rings (SSSR count). The molecule has 0 aromatic carbocycles. The largest absolute Gasteiger partial charge is 0.375 e. The van der Waals surface area contributed by atoms with Gasteiger partial charge in [-0.15, -0.1) is 0 Å². The Bertz CT molecular complexity index is 340. The topological polar surface area (TPSA) is 44.8 Å². The normalized spacial score (nSPS) is 29.5. The van der Waals surface area contributed by atoms with Crippen LogP contribution in [-0.2, 0) is 9.53 Å². The summed E-state index contributed by atoms with van der Waals surface area (Å²) >= 11 is 0. The van der Waals surface area contributed by atoms with Crippen molar-refractivity contribution in [2.75, 3.05) is 39.3 Å². The molecule has 5 nitrogen and oxygen atoms in total.